The molecular formula is C15H13F3N2O3S. The summed E-state index contributed by atoms with van der Waals surface area (Å²) in [6.45, 7) is 1.71. The van der Waals surface area contributed by atoms with Crippen molar-refractivity contribution in [2.75, 3.05) is 6.61 Å². The van der Waals surface area contributed by atoms with Gasteiger partial charge in [0.25, 0.3) is 5.56 Å². The number of hydrogen-bond donors (Lipinski definition) is 1. The Morgan fingerprint density at radius 3 is 2.67 bits per heavy atom. The van der Waals surface area contributed by atoms with E-state index in [0.29, 0.717) is 0 Å². The van der Waals surface area contributed by atoms with Gasteiger partial charge in [0, 0.05) is 11.9 Å². The molecule has 0 fully saturated rings. The fraction of sp³-hybridized carbons (Fsp3) is 0.267. The first-order chi connectivity index (χ1) is 11.3. The first-order valence-electron chi connectivity index (χ1n) is 6.87. The molecule has 0 aliphatic carbocycles. The van der Waals surface area contributed by atoms with E-state index in [-0.39, 0.29) is 28.6 Å². The number of nitrogens with one attached hydrogen (secondary N) is 1. The van der Waals surface area contributed by atoms with Crippen LogP contribution in [-0.2, 0) is 16.7 Å². The molecule has 5 nitrogen and oxygen atoms in total. The van der Waals surface area contributed by atoms with Crippen molar-refractivity contribution in [3.05, 3.63) is 57.5 Å². The van der Waals surface area contributed by atoms with Crippen LogP contribution in [0.15, 0.2) is 40.4 Å². The van der Waals surface area contributed by atoms with E-state index in [4.69, 9.17) is 4.74 Å². The monoisotopic (exact) mass is 358 g/mol. The third-order valence-electron chi connectivity index (χ3n) is 2.96. The number of carbonyl (C=O) groups is 1. The van der Waals surface area contributed by atoms with Gasteiger partial charge in [-0.2, -0.15) is 13.2 Å². The normalized spacial score (nSPS) is 11.3. The number of ether oxygens (including phenoxy) is 1. The number of aromatic amines is 1. The topological polar surface area (TPSA) is 72.0 Å². The molecule has 0 amide bonds. The SMILES string of the molecule is CCOC(=O)c1cnc(SCc2ccccc2C(F)(F)F)[nH]c1=O. The van der Waals surface area contributed by atoms with E-state index in [2.05, 4.69) is 9.97 Å². The van der Waals surface area contributed by atoms with Gasteiger partial charge in [-0.25, -0.2) is 9.78 Å². The van der Waals surface area contributed by atoms with Gasteiger partial charge in [0.1, 0.15) is 5.56 Å². The third-order valence-corrected chi connectivity index (χ3v) is 3.89. The van der Waals surface area contributed by atoms with Crippen LogP contribution in [-0.4, -0.2) is 22.5 Å². The molecule has 0 unspecified atom stereocenters. The lowest BCUT2D eigenvalue weighted by atomic mass is 10.1. The average Bonchev–Trinajstić information content (AvgIpc) is 2.52. The average molecular weight is 358 g/mol. The van der Waals surface area contributed by atoms with Crippen LogP contribution in [0, 0.1) is 0 Å². The van der Waals surface area contributed by atoms with Crippen molar-refractivity contribution in [3.8, 4) is 0 Å². The van der Waals surface area contributed by atoms with Gasteiger partial charge in [0.05, 0.1) is 12.2 Å². The Morgan fingerprint density at radius 2 is 2.04 bits per heavy atom. The Hall–Kier alpha value is -2.29. The summed E-state index contributed by atoms with van der Waals surface area (Å²) in [5, 5.41) is 0.116. The minimum atomic E-state index is -4.45. The van der Waals surface area contributed by atoms with E-state index >= 15 is 0 Å². The highest BCUT2D eigenvalue weighted by Crippen LogP contribution is 2.34. The molecule has 0 radical (unpaired) electrons. The summed E-state index contributed by atoms with van der Waals surface area (Å²) in [5.74, 6) is -0.831. The second kappa shape index (κ2) is 7.52. The van der Waals surface area contributed by atoms with Gasteiger partial charge < -0.3 is 9.72 Å². The molecule has 0 atom stereocenters. The molecule has 0 aliphatic heterocycles. The standard InChI is InChI=1S/C15H13F3N2O3S/c1-2-23-13(22)10-7-19-14(20-12(10)21)24-8-9-5-3-4-6-11(9)15(16,17)18/h3-7H,2,8H2,1H3,(H,19,20,21). The van der Waals surface area contributed by atoms with E-state index in [9.17, 15) is 22.8 Å². The summed E-state index contributed by atoms with van der Waals surface area (Å²) in [5.41, 5.74) is -1.61. The van der Waals surface area contributed by atoms with Crippen LogP contribution in [0.4, 0.5) is 13.2 Å². The number of benzene rings is 1. The van der Waals surface area contributed by atoms with Crippen LogP contribution in [0.5, 0.6) is 0 Å². The van der Waals surface area contributed by atoms with Crippen molar-refractivity contribution >= 4 is 17.7 Å². The Kier molecular flexibility index (Phi) is 5.66. The first-order valence-corrected chi connectivity index (χ1v) is 7.85. The van der Waals surface area contributed by atoms with Crippen LogP contribution >= 0.6 is 11.8 Å². The summed E-state index contributed by atoms with van der Waals surface area (Å²) in [6, 6.07) is 5.17. The zero-order chi connectivity index (χ0) is 17.7. The second-order valence-electron chi connectivity index (χ2n) is 4.60. The predicted octanol–water partition coefficient (Wildman–Crippen LogP) is 3.26. The number of halogens is 3. The van der Waals surface area contributed by atoms with Crippen molar-refractivity contribution in [2.45, 2.75) is 24.0 Å². The third kappa shape index (κ3) is 4.38. The highest BCUT2D eigenvalue weighted by molar-refractivity contribution is 7.98. The maximum Gasteiger partial charge on any atom is 0.416 e. The quantitative estimate of drug-likeness (QED) is 0.505. The molecule has 2 rings (SSSR count). The molecule has 0 saturated heterocycles. The lowest BCUT2D eigenvalue weighted by molar-refractivity contribution is -0.138. The molecular weight excluding hydrogens is 345 g/mol. The molecule has 24 heavy (non-hydrogen) atoms. The van der Waals surface area contributed by atoms with E-state index in [0.717, 1.165) is 24.0 Å². The number of H-pyrrole nitrogens is 1. The van der Waals surface area contributed by atoms with Crippen molar-refractivity contribution in [1.29, 1.82) is 0 Å². The van der Waals surface area contributed by atoms with Gasteiger partial charge >= 0.3 is 12.1 Å². The zero-order valence-corrected chi connectivity index (χ0v) is 13.3. The number of carbonyl (C=O) groups excluding carboxylic acids is 1. The number of alkyl halides is 3. The molecule has 0 spiro atoms. The van der Waals surface area contributed by atoms with Gasteiger partial charge in [-0.05, 0) is 18.6 Å². The lowest BCUT2D eigenvalue weighted by Crippen LogP contribution is -2.20. The zero-order valence-electron chi connectivity index (χ0n) is 12.5. The molecule has 1 heterocycles. The number of rotatable bonds is 5. The van der Waals surface area contributed by atoms with Gasteiger partial charge in [-0.15, -0.1) is 0 Å². The Morgan fingerprint density at radius 1 is 1.33 bits per heavy atom. The molecule has 1 N–H and O–H groups in total. The molecule has 9 heteroatoms. The minimum absolute atomic E-state index is 0.0304. The van der Waals surface area contributed by atoms with Crippen molar-refractivity contribution in [3.63, 3.8) is 0 Å². The smallest absolute Gasteiger partial charge is 0.416 e. The number of nitrogens with zero attached hydrogens (tertiary/aromatic N) is 1. The van der Waals surface area contributed by atoms with Crippen molar-refractivity contribution in [2.24, 2.45) is 0 Å². The highest BCUT2D eigenvalue weighted by Gasteiger charge is 2.32. The molecule has 1 aromatic carbocycles. The van der Waals surface area contributed by atoms with Gasteiger partial charge in [-0.1, -0.05) is 30.0 Å². The molecule has 0 saturated carbocycles. The van der Waals surface area contributed by atoms with Crippen LogP contribution in [0.3, 0.4) is 0 Å². The van der Waals surface area contributed by atoms with E-state index in [1.807, 2.05) is 0 Å². The molecule has 0 aliphatic rings. The number of hydrogen-bond acceptors (Lipinski definition) is 5. The fourth-order valence-electron chi connectivity index (χ4n) is 1.87. The molecule has 1 aromatic heterocycles. The summed E-state index contributed by atoms with van der Waals surface area (Å²) in [7, 11) is 0. The summed E-state index contributed by atoms with van der Waals surface area (Å²) in [4.78, 5) is 29.5. The first kappa shape index (κ1) is 18.1. The molecule has 2 aromatic rings. The van der Waals surface area contributed by atoms with E-state index in [1.54, 1.807) is 6.92 Å². The predicted molar refractivity (Wildman–Crippen MR) is 81.8 cm³/mol. The number of thioether (sulfide) groups is 1. The summed E-state index contributed by atoms with van der Waals surface area (Å²) < 4.78 is 43.5. The minimum Gasteiger partial charge on any atom is -0.462 e. The van der Waals surface area contributed by atoms with Crippen LogP contribution in [0.1, 0.15) is 28.4 Å². The van der Waals surface area contributed by atoms with Crippen molar-refractivity contribution < 1.29 is 22.7 Å². The maximum atomic E-state index is 12.9. The van der Waals surface area contributed by atoms with Crippen LogP contribution in [0.25, 0.3) is 0 Å². The van der Waals surface area contributed by atoms with Crippen LogP contribution < -0.4 is 5.56 Å². The van der Waals surface area contributed by atoms with Gasteiger partial charge in [0.15, 0.2) is 5.16 Å². The summed E-state index contributed by atoms with van der Waals surface area (Å²) in [6.07, 6.45) is -3.40. The van der Waals surface area contributed by atoms with Crippen molar-refractivity contribution in [1.82, 2.24) is 9.97 Å². The number of esters is 1. The lowest BCUT2D eigenvalue weighted by Gasteiger charge is -2.12. The highest BCUT2D eigenvalue weighted by atomic mass is 32.2. The number of aromatic nitrogens is 2. The fourth-order valence-corrected chi connectivity index (χ4v) is 2.71. The van der Waals surface area contributed by atoms with Gasteiger partial charge in [0.2, 0.25) is 0 Å². The maximum absolute atomic E-state index is 12.9. The van der Waals surface area contributed by atoms with E-state index in [1.165, 1.54) is 18.2 Å². The van der Waals surface area contributed by atoms with Crippen LogP contribution in [0.2, 0.25) is 0 Å². The van der Waals surface area contributed by atoms with Gasteiger partial charge in [-0.3, -0.25) is 4.79 Å². The Bertz CT molecular complexity index is 790. The Labute approximate surface area is 139 Å². The Balaban J connectivity index is 2.15. The summed E-state index contributed by atoms with van der Waals surface area (Å²) >= 11 is 0.933. The molecule has 0 bridgehead atoms. The second-order valence-corrected chi connectivity index (χ2v) is 5.56. The molecule has 128 valence electrons. The largest absolute Gasteiger partial charge is 0.462 e. The van der Waals surface area contributed by atoms with E-state index < -0.39 is 23.3 Å².